The number of ether oxygens (including phenoxy) is 1. The van der Waals surface area contributed by atoms with Gasteiger partial charge in [0.25, 0.3) is 0 Å². The molecule has 19 heavy (non-hydrogen) atoms. The van der Waals surface area contributed by atoms with E-state index in [0.717, 1.165) is 11.3 Å². The van der Waals surface area contributed by atoms with Crippen LogP contribution in [0.15, 0.2) is 18.3 Å². The van der Waals surface area contributed by atoms with E-state index in [1.54, 1.807) is 6.20 Å². The molecule has 0 amide bonds. The SMILES string of the molecule is CCc1nc(NN)c(C)c(Oc2cccnc2C)n1. The highest BCUT2D eigenvalue weighted by Gasteiger charge is 2.12. The molecular weight excluding hydrogens is 242 g/mol. The van der Waals surface area contributed by atoms with Crippen LogP contribution in [-0.2, 0) is 6.42 Å². The fraction of sp³-hybridized carbons (Fsp3) is 0.308. The van der Waals surface area contributed by atoms with E-state index in [-0.39, 0.29) is 0 Å². The van der Waals surface area contributed by atoms with Gasteiger partial charge in [0, 0.05) is 12.6 Å². The van der Waals surface area contributed by atoms with Gasteiger partial charge in [0.1, 0.15) is 11.6 Å². The Morgan fingerprint density at radius 1 is 1.32 bits per heavy atom. The van der Waals surface area contributed by atoms with Gasteiger partial charge in [-0.1, -0.05) is 6.92 Å². The van der Waals surface area contributed by atoms with Crippen molar-refractivity contribution in [1.29, 1.82) is 0 Å². The molecule has 6 heteroatoms. The summed E-state index contributed by atoms with van der Waals surface area (Å²) in [7, 11) is 0. The molecule has 0 aromatic carbocycles. The predicted molar refractivity (Wildman–Crippen MR) is 73.0 cm³/mol. The third-order valence-corrected chi connectivity index (χ3v) is 2.77. The maximum Gasteiger partial charge on any atom is 0.227 e. The second kappa shape index (κ2) is 5.62. The van der Waals surface area contributed by atoms with Crippen LogP contribution < -0.4 is 16.0 Å². The number of rotatable bonds is 4. The Balaban J connectivity index is 2.42. The van der Waals surface area contributed by atoms with Crippen molar-refractivity contribution in [3.63, 3.8) is 0 Å². The standard InChI is InChI=1S/C13H17N5O/c1-4-11-16-12(18-14)8(2)13(17-11)19-10-6-5-7-15-9(10)3/h5-7H,4,14H2,1-3H3,(H,16,17,18). The lowest BCUT2D eigenvalue weighted by Gasteiger charge is -2.13. The van der Waals surface area contributed by atoms with Crippen molar-refractivity contribution in [2.24, 2.45) is 5.84 Å². The van der Waals surface area contributed by atoms with Crippen LogP contribution in [0.1, 0.15) is 24.0 Å². The van der Waals surface area contributed by atoms with Crippen LogP contribution in [0.3, 0.4) is 0 Å². The lowest BCUT2D eigenvalue weighted by molar-refractivity contribution is 0.449. The molecule has 0 unspecified atom stereocenters. The second-order valence-corrected chi connectivity index (χ2v) is 4.11. The zero-order chi connectivity index (χ0) is 13.8. The van der Waals surface area contributed by atoms with E-state index in [2.05, 4.69) is 20.4 Å². The summed E-state index contributed by atoms with van der Waals surface area (Å²) in [6.07, 6.45) is 2.43. The van der Waals surface area contributed by atoms with Crippen molar-refractivity contribution in [2.45, 2.75) is 27.2 Å². The highest BCUT2D eigenvalue weighted by Crippen LogP contribution is 2.27. The molecule has 0 aliphatic carbocycles. The number of hydrogen-bond donors (Lipinski definition) is 2. The molecule has 2 aromatic rings. The summed E-state index contributed by atoms with van der Waals surface area (Å²) < 4.78 is 5.82. The fourth-order valence-electron chi connectivity index (χ4n) is 1.62. The van der Waals surface area contributed by atoms with E-state index in [1.165, 1.54) is 0 Å². The summed E-state index contributed by atoms with van der Waals surface area (Å²) in [5.41, 5.74) is 4.14. The summed E-state index contributed by atoms with van der Waals surface area (Å²) in [5.74, 6) is 7.88. The predicted octanol–water partition coefficient (Wildman–Crippen LogP) is 2.13. The molecule has 2 aromatic heterocycles. The quantitative estimate of drug-likeness (QED) is 0.646. The number of aryl methyl sites for hydroxylation is 2. The zero-order valence-corrected chi connectivity index (χ0v) is 11.3. The number of nitrogens with one attached hydrogen (secondary N) is 1. The lowest BCUT2D eigenvalue weighted by atomic mass is 10.3. The minimum absolute atomic E-state index is 0.496. The number of anilines is 1. The van der Waals surface area contributed by atoms with E-state index in [1.807, 2.05) is 32.9 Å². The van der Waals surface area contributed by atoms with Crippen LogP contribution in [0.25, 0.3) is 0 Å². The Kier molecular flexibility index (Phi) is 3.91. The van der Waals surface area contributed by atoms with Crippen LogP contribution in [0.2, 0.25) is 0 Å². The first-order valence-electron chi connectivity index (χ1n) is 6.09. The van der Waals surface area contributed by atoms with Crippen LogP contribution >= 0.6 is 0 Å². The number of hydrazine groups is 1. The number of nitrogens with two attached hydrogens (primary N) is 1. The molecule has 0 bridgehead atoms. The van der Waals surface area contributed by atoms with Gasteiger partial charge in [-0.15, -0.1) is 0 Å². The Labute approximate surface area is 112 Å². The van der Waals surface area contributed by atoms with Crippen LogP contribution in [0, 0.1) is 13.8 Å². The molecule has 3 N–H and O–H groups in total. The third-order valence-electron chi connectivity index (χ3n) is 2.77. The number of hydrogen-bond acceptors (Lipinski definition) is 6. The third kappa shape index (κ3) is 2.79. The van der Waals surface area contributed by atoms with Gasteiger partial charge in [0.15, 0.2) is 5.75 Å². The number of nitrogen functional groups attached to an aromatic ring is 1. The summed E-state index contributed by atoms with van der Waals surface area (Å²) >= 11 is 0. The smallest absolute Gasteiger partial charge is 0.227 e. The van der Waals surface area contributed by atoms with E-state index < -0.39 is 0 Å². The molecule has 6 nitrogen and oxygen atoms in total. The average molecular weight is 259 g/mol. The van der Waals surface area contributed by atoms with Gasteiger partial charge in [-0.2, -0.15) is 4.98 Å². The largest absolute Gasteiger partial charge is 0.437 e. The number of nitrogens with zero attached hydrogens (tertiary/aromatic N) is 3. The monoisotopic (exact) mass is 259 g/mol. The molecule has 0 fully saturated rings. The minimum atomic E-state index is 0.496. The summed E-state index contributed by atoms with van der Waals surface area (Å²) in [6, 6.07) is 3.67. The van der Waals surface area contributed by atoms with Gasteiger partial charge in [0.05, 0.1) is 11.3 Å². The van der Waals surface area contributed by atoms with Gasteiger partial charge in [-0.25, -0.2) is 10.8 Å². The Bertz CT molecular complexity index is 585. The molecule has 100 valence electrons. The molecule has 2 rings (SSSR count). The molecule has 0 spiro atoms. The molecule has 0 atom stereocenters. The van der Waals surface area contributed by atoms with Gasteiger partial charge >= 0.3 is 0 Å². The van der Waals surface area contributed by atoms with E-state index in [4.69, 9.17) is 10.6 Å². The summed E-state index contributed by atoms with van der Waals surface area (Å²) in [6.45, 7) is 5.72. The second-order valence-electron chi connectivity index (χ2n) is 4.11. The first-order chi connectivity index (χ1) is 9.15. The van der Waals surface area contributed by atoms with E-state index >= 15 is 0 Å². The van der Waals surface area contributed by atoms with Crippen LogP contribution in [0.4, 0.5) is 5.82 Å². The zero-order valence-electron chi connectivity index (χ0n) is 11.3. The average Bonchev–Trinajstić information content (AvgIpc) is 2.43. The number of aromatic nitrogens is 3. The Morgan fingerprint density at radius 3 is 2.74 bits per heavy atom. The Morgan fingerprint density at radius 2 is 2.11 bits per heavy atom. The Hall–Kier alpha value is -2.21. The van der Waals surface area contributed by atoms with Gasteiger partial charge < -0.3 is 10.2 Å². The lowest BCUT2D eigenvalue weighted by Crippen LogP contribution is -2.13. The topological polar surface area (TPSA) is 86.0 Å². The highest BCUT2D eigenvalue weighted by molar-refractivity contribution is 5.49. The van der Waals surface area contributed by atoms with E-state index in [9.17, 15) is 0 Å². The fourth-order valence-corrected chi connectivity index (χ4v) is 1.62. The van der Waals surface area contributed by atoms with Crippen molar-refractivity contribution in [3.8, 4) is 11.6 Å². The van der Waals surface area contributed by atoms with Gasteiger partial charge in [0.2, 0.25) is 5.88 Å². The number of pyridine rings is 1. The van der Waals surface area contributed by atoms with Crippen molar-refractivity contribution < 1.29 is 4.74 Å². The first kappa shape index (κ1) is 13.2. The van der Waals surface area contributed by atoms with Gasteiger partial charge in [-0.3, -0.25) is 4.98 Å². The van der Waals surface area contributed by atoms with Crippen LogP contribution in [0.5, 0.6) is 11.6 Å². The van der Waals surface area contributed by atoms with Crippen molar-refractivity contribution in [1.82, 2.24) is 15.0 Å². The molecule has 2 heterocycles. The normalized spacial score (nSPS) is 10.3. The molecule has 0 saturated heterocycles. The minimum Gasteiger partial charge on any atom is -0.437 e. The van der Waals surface area contributed by atoms with Crippen molar-refractivity contribution >= 4 is 5.82 Å². The highest BCUT2D eigenvalue weighted by atomic mass is 16.5. The van der Waals surface area contributed by atoms with Crippen LogP contribution in [-0.4, -0.2) is 15.0 Å². The van der Waals surface area contributed by atoms with E-state index in [0.29, 0.717) is 29.7 Å². The molecule has 0 aliphatic rings. The first-order valence-corrected chi connectivity index (χ1v) is 6.09. The van der Waals surface area contributed by atoms with Crippen molar-refractivity contribution in [2.75, 3.05) is 5.43 Å². The maximum absolute atomic E-state index is 5.82. The maximum atomic E-state index is 5.82. The molecule has 0 radical (unpaired) electrons. The van der Waals surface area contributed by atoms with Crippen molar-refractivity contribution in [3.05, 3.63) is 35.4 Å². The summed E-state index contributed by atoms with van der Waals surface area (Å²) in [5, 5.41) is 0. The summed E-state index contributed by atoms with van der Waals surface area (Å²) in [4.78, 5) is 12.9. The molecule has 0 aliphatic heterocycles. The molecule has 0 saturated carbocycles. The van der Waals surface area contributed by atoms with Gasteiger partial charge in [-0.05, 0) is 26.0 Å². The molecular formula is C13H17N5O.